The van der Waals surface area contributed by atoms with Gasteiger partial charge in [-0.05, 0) is 27.7 Å². The number of ether oxygens (including phenoxy) is 1. The molecule has 0 spiro atoms. The maximum Gasteiger partial charge on any atom is 0.407 e. The molecular weight excluding hydrogens is 268 g/mol. The van der Waals surface area contributed by atoms with Gasteiger partial charge >= 0.3 is 12.1 Å². The van der Waals surface area contributed by atoms with E-state index >= 15 is 0 Å². The molecule has 2 atom stereocenters. The van der Waals surface area contributed by atoms with Gasteiger partial charge < -0.3 is 25.6 Å². The van der Waals surface area contributed by atoms with E-state index in [1.54, 1.807) is 27.7 Å². The maximum absolute atomic E-state index is 11.5. The van der Waals surface area contributed by atoms with Crippen LogP contribution in [0.1, 0.15) is 34.1 Å². The fraction of sp³-hybridized carbons (Fsp3) is 0.750. The third-order valence-electron chi connectivity index (χ3n) is 2.07. The highest BCUT2D eigenvalue weighted by Crippen LogP contribution is 2.07. The Hall–Kier alpha value is -1.83. The van der Waals surface area contributed by atoms with Crippen LogP contribution in [-0.2, 0) is 14.3 Å². The minimum atomic E-state index is -1.35. The summed E-state index contributed by atoms with van der Waals surface area (Å²) < 4.78 is 5.01. The Morgan fingerprint density at radius 2 is 1.75 bits per heavy atom. The van der Waals surface area contributed by atoms with Crippen LogP contribution in [-0.4, -0.2) is 52.5 Å². The van der Waals surface area contributed by atoms with E-state index in [-0.39, 0.29) is 6.42 Å². The molecule has 1 unspecified atom stereocenters. The number of hydrogen-bond donors (Lipinski definition) is 4. The molecule has 0 rings (SSSR count). The van der Waals surface area contributed by atoms with Gasteiger partial charge in [-0.25, -0.2) is 9.59 Å². The molecule has 0 aromatic carbocycles. The molecule has 20 heavy (non-hydrogen) atoms. The van der Waals surface area contributed by atoms with E-state index in [0.29, 0.717) is 0 Å². The second-order valence-electron chi connectivity index (χ2n) is 5.39. The molecule has 0 aromatic rings. The number of carbonyl (C=O) groups is 3. The van der Waals surface area contributed by atoms with Crippen molar-refractivity contribution in [2.75, 3.05) is 6.61 Å². The van der Waals surface area contributed by atoms with Gasteiger partial charge in [-0.3, -0.25) is 4.79 Å². The zero-order chi connectivity index (χ0) is 15.9. The van der Waals surface area contributed by atoms with Crippen LogP contribution in [0.3, 0.4) is 0 Å². The van der Waals surface area contributed by atoms with Crippen molar-refractivity contribution in [1.82, 2.24) is 10.6 Å². The standard InChI is InChI=1S/C12H22N2O6/c1-7(13-11(19)20-12(2,3)4)5-9(16)14-8(6-15)10(17)18/h7-8,15H,5-6H2,1-4H3,(H,13,19)(H,14,16)(H,17,18)/t7?,8-/m0/s1. The van der Waals surface area contributed by atoms with Crippen LogP contribution in [0.5, 0.6) is 0 Å². The van der Waals surface area contributed by atoms with Gasteiger partial charge in [0.05, 0.1) is 6.61 Å². The molecule has 0 fully saturated rings. The van der Waals surface area contributed by atoms with Crippen LogP contribution in [0.4, 0.5) is 4.79 Å². The first kappa shape index (κ1) is 18.2. The Bertz CT molecular complexity index is 363. The molecule has 0 saturated carbocycles. The lowest BCUT2D eigenvalue weighted by Crippen LogP contribution is -2.46. The van der Waals surface area contributed by atoms with Crippen LogP contribution >= 0.6 is 0 Å². The number of amides is 2. The first-order chi connectivity index (χ1) is 9.05. The predicted octanol–water partition coefficient (Wildman–Crippen LogP) is -0.149. The molecule has 0 aliphatic carbocycles. The number of aliphatic hydroxyl groups is 1. The fourth-order valence-electron chi connectivity index (χ4n) is 1.28. The minimum Gasteiger partial charge on any atom is -0.480 e. The summed E-state index contributed by atoms with van der Waals surface area (Å²) >= 11 is 0. The Kier molecular flexibility index (Phi) is 6.98. The van der Waals surface area contributed by atoms with Crippen LogP contribution in [0.2, 0.25) is 0 Å². The highest BCUT2D eigenvalue weighted by atomic mass is 16.6. The van der Waals surface area contributed by atoms with Crippen molar-refractivity contribution < 1.29 is 29.3 Å². The monoisotopic (exact) mass is 290 g/mol. The molecular formula is C12H22N2O6. The summed E-state index contributed by atoms with van der Waals surface area (Å²) in [5.41, 5.74) is -0.642. The van der Waals surface area contributed by atoms with Crippen molar-refractivity contribution in [1.29, 1.82) is 0 Å². The normalized spacial score (nSPS) is 14.1. The number of aliphatic carboxylic acids is 1. The molecule has 2 amide bonds. The first-order valence-corrected chi connectivity index (χ1v) is 6.17. The summed E-state index contributed by atoms with van der Waals surface area (Å²) in [6, 6.07) is -1.88. The third kappa shape index (κ3) is 8.30. The highest BCUT2D eigenvalue weighted by Gasteiger charge is 2.22. The zero-order valence-corrected chi connectivity index (χ0v) is 12.1. The third-order valence-corrected chi connectivity index (χ3v) is 2.07. The smallest absolute Gasteiger partial charge is 0.407 e. The van der Waals surface area contributed by atoms with Crippen LogP contribution in [0, 0.1) is 0 Å². The second-order valence-corrected chi connectivity index (χ2v) is 5.39. The summed E-state index contributed by atoms with van der Waals surface area (Å²) in [6.07, 6.45) is -0.780. The number of alkyl carbamates (subject to hydrolysis) is 1. The van der Waals surface area contributed by atoms with Crippen LogP contribution < -0.4 is 10.6 Å². The molecule has 8 heteroatoms. The second kappa shape index (κ2) is 7.68. The van der Waals surface area contributed by atoms with Gasteiger partial charge in [-0.15, -0.1) is 0 Å². The molecule has 0 aliphatic rings. The van der Waals surface area contributed by atoms with E-state index in [4.69, 9.17) is 14.9 Å². The quantitative estimate of drug-likeness (QED) is 0.539. The minimum absolute atomic E-state index is 0.122. The topological polar surface area (TPSA) is 125 Å². The summed E-state index contributed by atoms with van der Waals surface area (Å²) in [7, 11) is 0. The molecule has 116 valence electrons. The molecule has 0 heterocycles. The number of nitrogens with one attached hydrogen (secondary N) is 2. The summed E-state index contributed by atoms with van der Waals surface area (Å²) in [5.74, 6) is -1.91. The number of rotatable bonds is 6. The summed E-state index contributed by atoms with van der Waals surface area (Å²) in [4.78, 5) is 33.6. The van der Waals surface area contributed by atoms with Gasteiger partial charge in [0, 0.05) is 12.5 Å². The lowest BCUT2D eigenvalue weighted by atomic mass is 10.2. The number of carbonyl (C=O) groups excluding carboxylic acids is 2. The van der Waals surface area contributed by atoms with E-state index in [1.807, 2.05) is 0 Å². The van der Waals surface area contributed by atoms with Gasteiger partial charge in [-0.2, -0.15) is 0 Å². The van der Waals surface area contributed by atoms with E-state index < -0.39 is 42.3 Å². The van der Waals surface area contributed by atoms with E-state index in [9.17, 15) is 14.4 Å². The lowest BCUT2D eigenvalue weighted by Gasteiger charge is -2.22. The number of aliphatic hydroxyl groups excluding tert-OH is 1. The van der Waals surface area contributed by atoms with E-state index in [0.717, 1.165) is 0 Å². The van der Waals surface area contributed by atoms with E-state index in [1.165, 1.54) is 0 Å². The molecule has 8 nitrogen and oxygen atoms in total. The molecule has 0 bridgehead atoms. The number of hydrogen-bond acceptors (Lipinski definition) is 5. The molecule has 0 radical (unpaired) electrons. The summed E-state index contributed by atoms with van der Waals surface area (Å²) in [6.45, 7) is 6.02. The largest absolute Gasteiger partial charge is 0.480 e. The Labute approximate surface area is 117 Å². The zero-order valence-electron chi connectivity index (χ0n) is 12.1. The molecule has 0 saturated heterocycles. The number of carboxylic acids is 1. The van der Waals surface area contributed by atoms with Gasteiger partial charge in [0.2, 0.25) is 5.91 Å². The van der Waals surface area contributed by atoms with Gasteiger partial charge in [-0.1, -0.05) is 0 Å². The maximum atomic E-state index is 11.5. The van der Waals surface area contributed by atoms with Crippen LogP contribution in [0.25, 0.3) is 0 Å². The average Bonchev–Trinajstić information content (AvgIpc) is 2.21. The first-order valence-electron chi connectivity index (χ1n) is 6.17. The number of carboxylic acid groups (broad SMARTS) is 1. The van der Waals surface area contributed by atoms with Crippen molar-refractivity contribution in [2.24, 2.45) is 0 Å². The summed E-state index contributed by atoms with van der Waals surface area (Å²) in [5, 5.41) is 22.0. The van der Waals surface area contributed by atoms with Crippen molar-refractivity contribution in [3.05, 3.63) is 0 Å². The Balaban J connectivity index is 4.20. The van der Waals surface area contributed by atoms with Crippen molar-refractivity contribution in [3.63, 3.8) is 0 Å². The van der Waals surface area contributed by atoms with Gasteiger partial charge in [0.15, 0.2) is 0 Å². The van der Waals surface area contributed by atoms with Crippen molar-refractivity contribution >= 4 is 18.0 Å². The Morgan fingerprint density at radius 3 is 2.15 bits per heavy atom. The van der Waals surface area contributed by atoms with Crippen LogP contribution in [0.15, 0.2) is 0 Å². The van der Waals surface area contributed by atoms with Crippen molar-refractivity contribution in [2.45, 2.75) is 51.8 Å². The molecule has 0 aromatic heterocycles. The SMILES string of the molecule is CC(CC(=O)N[C@@H](CO)C(=O)O)NC(=O)OC(C)(C)C. The van der Waals surface area contributed by atoms with Crippen molar-refractivity contribution in [3.8, 4) is 0 Å². The molecule has 4 N–H and O–H groups in total. The average molecular weight is 290 g/mol. The Morgan fingerprint density at radius 1 is 1.20 bits per heavy atom. The highest BCUT2D eigenvalue weighted by molar-refractivity contribution is 5.84. The predicted molar refractivity (Wildman–Crippen MR) is 70.1 cm³/mol. The van der Waals surface area contributed by atoms with Gasteiger partial charge in [0.1, 0.15) is 11.6 Å². The lowest BCUT2D eigenvalue weighted by molar-refractivity contribution is -0.143. The van der Waals surface area contributed by atoms with Gasteiger partial charge in [0.25, 0.3) is 0 Å². The van der Waals surface area contributed by atoms with E-state index in [2.05, 4.69) is 10.6 Å². The molecule has 0 aliphatic heterocycles. The fourth-order valence-corrected chi connectivity index (χ4v) is 1.28.